The second-order valence-corrected chi connectivity index (χ2v) is 6.11. The van der Waals surface area contributed by atoms with E-state index in [1.54, 1.807) is 6.20 Å². The lowest BCUT2D eigenvalue weighted by molar-refractivity contribution is -0.00527. The fourth-order valence-electron chi connectivity index (χ4n) is 2.67. The molecule has 5 nitrogen and oxygen atoms in total. The normalized spacial score (nSPS) is 22.3. The number of hydrogen-bond acceptors (Lipinski definition) is 6. The Hall–Kier alpha value is -1.79. The predicted octanol–water partition coefficient (Wildman–Crippen LogP) is 2.63. The minimum absolute atomic E-state index is 0.145. The molecule has 21 heavy (non-hydrogen) atoms. The van der Waals surface area contributed by atoms with Crippen LogP contribution in [0.3, 0.4) is 0 Å². The van der Waals surface area contributed by atoms with Crippen LogP contribution in [0.25, 0.3) is 10.7 Å². The molecule has 0 aliphatic carbocycles. The molecule has 110 valence electrons. The number of ether oxygens (including phenoxy) is 1. The first-order valence-corrected chi connectivity index (χ1v) is 7.82. The molecule has 1 aliphatic rings. The van der Waals surface area contributed by atoms with Crippen LogP contribution in [0, 0.1) is 0 Å². The summed E-state index contributed by atoms with van der Waals surface area (Å²) in [7, 11) is 0. The molecule has 3 heterocycles. The second kappa shape index (κ2) is 5.91. The van der Waals surface area contributed by atoms with Gasteiger partial charge in [-0.3, -0.25) is 4.79 Å². The Balaban J connectivity index is 1.94. The third-order valence-electron chi connectivity index (χ3n) is 3.43. The van der Waals surface area contributed by atoms with Gasteiger partial charge in [0.25, 0.3) is 0 Å². The lowest BCUT2D eigenvalue weighted by Gasteiger charge is -2.37. The van der Waals surface area contributed by atoms with Crippen LogP contribution in [0.5, 0.6) is 0 Å². The quantitative estimate of drug-likeness (QED) is 0.816. The first-order chi connectivity index (χ1) is 10.2. The number of hydrogen-bond donors (Lipinski definition) is 0. The van der Waals surface area contributed by atoms with Crippen LogP contribution in [0.2, 0.25) is 0 Å². The van der Waals surface area contributed by atoms with Crippen molar-refractivity contribution in [3.8, 4) is 10.7 Å². The van der Waals surface area contributed by atoms with Crippen LogP contribution in [-0.2, 0) is 4.74 Å². The van der Waals surface area contributed by atoms with E-state index in [0.717, 1.165) is 35.8 Å². The van der Waals surface area contributed by atoms with Crippen molar-refractivity contribution in [2.75, 3.05) is 18.0 Å². The fraction of sp³-hybridized carbons (Fsp3) is 0.400. The zero-order valence-corrected chi connectivity index (χ0v) is 12.8. The molecule has 2 aromatic rings. The Morgan fingerprint density at radius 2 is 2.10 bits per heavy atom. The summed E-state index contributed by atoms with van der Waals surface area (Å²) in [6, 6.07) is 3.88. The summed E-state index contributed by atoms with van der Waals surface area (Å²) >= 11 is 1.51. The van der Waals surface area contributed by atoms with Crippen LogP contribution in [0.4, 0.5) is 5.69 Å². The molecule has 1 saturated heterocycles. The monoisotopic (exact) mass is 303 g/mol. The van der Waals surface area contributed by atoms with E-state index in [-0.39, 0.29) is 12.2 Å². The van der Waals surface area contributed by atoms with Gasteiger partial charge in [-0.15, -0.1) is 11.3 Å². The van der Waals surface area contributed by atoms with E-state index in [1.165, 1.54) is 11.3 Å². The molecule has 0 radical (unpaired) electrons. The summed E-state index contributed by atoms with van der Waals surface area (Å²) in [6.07, 6.45) is 2.84. The van der Waals surface area contributed by atoms with Crippen LogP contribution < -0.4 is 4.90 Å². The van der Waals surface area contributed by atoms with Gasteiger partial charge in [-0.2, -0.15) is 0 Å². The van der Waals surface area contributed by atoms with Crippen molar-refractivity contribution in [3.63, 3.8) is 0 Å². The van der Waals surface area contributed by atoms with Gasteiger partial charge in [0.2, 0.25) is 0 Å². The van der Waals surface area contributed by atoms with Crippen molar-refractivity contribution in [3.05, 3.63) is 29.4 Å². The zero-order valence-electron chi connectivity index (χ0n) is 12.0. The van der Waals surface area contributed by atoms with Gasteiger partial charge in [-0.25, -0.2) is 9.97 Å². The first-order valence-electron chi connectivity index (χ1n) is 6.94. The summed E-state index contributed by atoms with van der Waals surface area (Å²) in [6.45, 7) is 5.62. The molecule has 0 amide bonds. The number of thiazole rings is 1. The number of rotatable bonds is 3. The highest BCUT2D eigenvalue weighted by Gasteiger charge is 2.24. The maximum Gasteiger partial charge on any atom is 0.170 e. The summed E-state index contributed by atoms with van der Waals surface area (Å²) in [5, 5.41) is 2.73. The van der Waals surface area contributed by atoms with E-state index in [4.69, 9.17) is 4.74 Å². The van der Waals surface area contributed by atoms with Gasteiger partial charge in [0, 0.05) is 24.7 Å². The highest BCUT2D eigenvalue weighted by atomic mass is 32.1. The van der Waals surface area contributed by atoms with Crippen molar-refractivity contribution in [2.45, 2.75) is 26.1 Å². The van der Waals surface area contributed by atoms with Gasteiger partial charge in [0.1, 0.15) is 10.7 Å². The minimum atomic E-state index is 0.145. The fourth-order valence-corrected chi connectivity index (χ4v) is 3.27. The molecule has 0 aromatic carbocycles. The Kier molecular flexibility index (Phi) is 3.98. The van der Waals surface area contributed by atoms with Crippen molar-refractivity contribution in [2.24, 2.45) is 0 Å². The Morgan fingerprint density at radius 3 is 2.71 bits per heavy atom. The molecule has 1 fully saturated rings. The molecule has 0 spiro atoms. The molecule has 2 aromatic heterocycles. The Bertz CT molecular complexity index is 620. The predicted molar refractivity (Wildman–Crippen MR) is 83.0 cm³/mol. The smallest absolute Gasteiger partial charge is 0.170 e. The summed E-state index contributed by atoms with van der Waals surface area (Å²) in [5.41, 5.74) is 2.07. The van der Waals surface area contributed by atoms with Crippen molar-refractivity contribution in [1.29, 1.82) is 0 Å². The molecule has 1 aliphatic heterocycles. The number of aldehydes is 1. The first kappa shape index (κ1) is 14.2. The van der Waals surface area contributed by atoms with Gasteiger partial charge in [0.05, 0.1) is 23.6 Å². The van der Waals surface area contributed by atoms with Crippen LogP contribution in [0.15, 0.2) is 23.7 Å². The molecule has 2 unspecified atom stereocenters. The van der Waals surface area contributed by atoms with E-state index >= 15 is 0 Å². The Labute approximate surface area is 127 Å². The number of carbonyl (C=O) groups excluding carboxylic acids is 1. The zero-order chi connectivity index (χ0) is 14.8. The molecule has 3 rings (SSSR count). The molecule has 0 saturated carbocycles. The third-order valence-corrected chi connectivity index (χ3v) is 4.22. The van der Waals surface area contributed by atoms with E-state index in [0.29, 0.717) is 5.69 Å². The van der Waals surface area contributed by atoms with Gasteiger partial charge >= 0.3 is 0 Å². The summed E-state index contributed by atoms with van der Waals surface area (Å²) in [4.78, 5) is 22.3. The molecular formula is C15H17N3O2S. The van der Waals surface area contributed by atoms with E-state index in [2.05, 4.69) is 14.9 Å². The number of pyridine rings is 1. The number of aromatic nitrogens is 2. The van der Waals surface area contributed by atoms with Crippen molar-refractivity contribution < 1.29 is 9.53 Å². The number of carbonyl (C=O) groups is 1. The van der Waals surface area contributed by atoms with E-state index in [9.17, 15) is 4.79 Å². The van der Waals surface area contributed by atoms with Gasteiger partial charge in [0.15, 0.2) is 6.29 Å². The van der Waals surface area contributed by atoms with Crippen LogP contribution >= 0.6 is 11.3 Å². The second-order valence-electron chi connectivity index (χ2n) is 5.22. The minimum Gasteiger partial charge on any atom is -0.372 e. The van der Waals surface area contributed by atoms with E-state index < -0.39 is 0 Å². The lowest BCUT2D eigenvalue weighted by atomic mass is 10.1. The number of anilines is 1. The SMILES string of the molecule is CC1CN(c2ccc(-c3nccs3)nc2C=O)CC(C)O1. The average molecular weight is 303 g/mol. The topological polar surface area (TPSA) is 55.3 Å². The van der Waals surface area contributed by atoms with Crippen LogP contribution in [-0.4, -0.2) is 41.6 Å². The van der Waals surface area contributed by atoms with Gasteiger partial charge in [-0.1, -0.05) is 0 Å². The lowest BCUT2D eigenvalue weighted by Crippen LogP contribution is -2.45. The summed E-state index contributed by atoms with van der Waals surface area (Å²) < 4.78 is 5.74. The largest absolute Gasteiger partial charge is 0.372 e. The number of morpholine rings is 1. The van der Waals surface area contributed by atoms with Crippen molar-refractivity contribution >= 4 is 23.3 Å². The highest BCUT2D eigenvalue weighted by Crippen LogP contribution is 2.27. The standard InChI is InChI=1S/C15H17N3O2S/c1-10-7-18(8-11(2)20-10)14-4-3-12(17-13(14)9-19)15-16-5-6-21-15/h3-6,9-11H,7-8H2,1-2H3. The maximum atomic E-state index is 11.4. The average Bonchev–Trinajstić information content (AvgIpc) is 2.99. The highest BCUT2D eigenvalue weighted by molar-refractivity contribution is 7.13. The van der Waals surface area contributed by atoms with Crippen LogP contribution in [0.1, 0.15) is 24.3 Å². The maximum absolute atomic E-state index is 11.4. The summed E-state index contributed by atoms with van der Waals surface area (Å²) in [5.74, 6) is 0. The molecule has 0 bridgehead atoms. The molecule has 6 heteroatoms. The van der Waals surface area contributed by atoms with E-state index in [1.807, 2.05) is 31.4 Å². The van der Waals surface area contributed by atoms with Crippen molar-refractivity contribution in [1.82, 2.24) is 9.97 Å². The third kappa shape index (κ3) is 2.96. The number of nitrogens with zero attached hydrogens (tertiary/aromatic N) is 3. The molecular weight excluding hydrogens is 286 g/mol. The van der Waals surface area contributed by atoms with Gasteiger partial charge < -0.3 is 9.64 Å². The van der Waals surface area contributed by atoms with Gasteiger partial charge in [-0.05, 0) is 26.0 Å². The Morgan fingerprint density at radius 1 is 1.33 bits per heavy atom. The molecule has 2 atom stereocenters. The molecule has 0 N–H and O–H groups in total.